The van der Waals surface area contributed by atoms with Gasteiger partial charge in [-0.1, -0.05) is 67.1 Å². The molecule has 0 fully saturated rings. The van der Waals surface area contributed by atoms with E-state index in [4.69, 9.17) is 16.6 Å². The lowest BCUT2D eigenvalue weighted by atomic mass is 10.0. The highest BCUT2D eigenvalue weighted by Crippen LogP contribution is 2.36. The molecule has 5 rings (SSSR count). The molecule has 0 spiro atoms. The minimum Gasteiger partial charge on any atom is -0.310 e. The Bertz CT molecular complexity index is 1120. The second-order valence-electron chi connectivity index (χ2n) is 7.64. The summed E-state index contributed by atoms with van der Waals surface area (Å²) in [6.07, 6.45) is 4.24. The lowest BCUT2D eigenvalue weighted by Crippen LogP contribution is -2.38. The molecule has 0 aliphatic carbocycles. The fraction of sp³-hybridized carbons (Fsp3) is 0.192. The molecular weight excluding hydrogens is 390 g/mol. The summed E-state index contributed by atoms with van der Waals surface area (Å²) in [5, 5.41) is 0.787. The maximum absolute atomic E-state index is 6.26. The average molecular weight is 414 g/mol. The average Bonchev–Trinajstić information content (AvgIpc) is 3.19. The van der Waals surface area contributed by atoms with Crippen LogP contribution in [0.5, 0.6) is 0 Å². The van der Waals surface area contributed by atoms with E-state index in [1.54, 1.807) is 0 Å². The Morgan fingerprint density at radius 3 is 2.47 bits per heavy atom. The third-order valence-corrected chi connectivity index (χ3v) is 6.00. The standard InChI is InChI=1S/C26H24ClN3/c1-2-19-17-22(27)11-14-24(19)25-18-30(26-28-15-6-16-29(25)26)23-12-9-21(10-13-23)20-7-4-3-5-8-20/h3-5,7-14,17-18H,2,6,15-16H2,1H3. The monoisotopic (exact) mass is 413 g/mol. The summed E-state index contributed by atoms with van der Waals surface area (Å²) >= 11 is 6.26. The van der Waals surface area contributed by atoms with Gasteiger partial charge in [-0.05, 0) is 53.8 Å². The van der Waals surface area contributed by atoms with Crippen LogP contribution >= 0.6 is 11.6 Å². The molecule has 150 valence electrons. The van der Waals surface area contributed by atoms with Crippen LogP contribution in [0.1, 0.15) is 24.5 Å². The van der Waals surface area contributed by atoms with Gasteiger partial charge in [0.25, 0.3) is 0 Å². The highest BCUT2D eigenvalue weighted by Gasteiger charge is 2.32. The van der Waals surface area contributed by atoms with Crippen LogP contribution in [-0.4, -0.2) is 23.9 Å². The van der Waals surface area contributed by atoms with Crippen molar-refractivity contribution >= 4 is 28.9 Å². The summed E-state index contributed by atoms with van der Waals surface area (Å²) in [6, 6.07) is 25.4. The number of rotatable bonds is 4. The molecule has 4 heteroatoms. The van der Waals surface area contributed by atoms with E-state index in [9.17, 15) is 0 Å². The Kier molecular flexibility index (Phi) is 5.06. The molecule has 3 aromatic rings. The molecule has 3 nitrogen and oxygen atoms in total. The number of fused-ring (bicyclic) bond motifs is 1. The van der Waals surface area contributed by atoms with Gasteiger partial charge in [0.1, 0.15) is 0 Å². The van der Waals surface area contributed by atoms with Crippen LogP contribution in [0.2, 0.25) is 5.02 Å². The van der Waals surface area contributed by atoms with E-state index in [2.05, 4.69) is 83.6 Å². The molecule has 0 amide bonds. The molecule has 0 saturated heterocycles. The Balaban J connectivity index is 1.54. The van der Waals surface area contributed by atoms with Crippen LogP contribution in [0.4, 0.5) is 5.69 Å². The molecule has 30 heavy (non-hydrogen) atoms. The first-order valence-electron chi connectivity index (χ1n) is 10.5. The Labute approximate surface area is 182 Å². The zero-order valence-corrected chi connectivity index (χ0v) is 17.8. The van der Waals surface area contributed by atoms with E-state index >= 15 is 0 Å². The second-order valence-corrected chi connectivity index (χ2v) is 8.08. The van der Waals surface area contributed by atoms with Crippen molar-refractivity contribution in [3.63, 3.8) is 0 Å². The van der Waals surface area contributed by atoms with Gasteiger partial charge < -0.3 is 4.90 Å². The van der Waals surface area contributed by atoms with Gasteiger partial charge in [0, 0.05) is 35.6 Å². The van der Waals surface area contributed by atoms with Gasteiger partial charge >= 0.3 is 0 Å². The molecule has 2 aliphatic heterocycles. The third-order valence-electron chi connectivity index (χ3n) is 5.77. The van der Waals surface area contributed by atoms with E-state index in [0.717, 1.165) is 42.6 Å². The summed E-state index contributed by atoms with van der Waals surface area (Å²) < 4.78 is 0. The van der Waals surface area contributed by atoms with Crippen molar-refractivity contribution in [3.05, 3.63) is 95.1 Å². The Morgan fingerprint density at radius 2 is 1.70 bits per heavy atom. The molecular formula is C26H24ClN3. The number of aryl methyl sites for hydroxylation is 1. The normalized spacial score (nSPS) is 15.7. The molecule has 2 heterocycles. The number of aliphatic imine (C=N–C) groups is 1. The summed E-state index contributed by atoms with van der Waals surface area (Å²) in [5.74, 6) is 1.01. The highest BCUT2D eigenvalue weighted by molar-refractivity contribution is 6.30. The first-order chi connectivity index (χ1) is 14.7. The number of hydrogen-bond donors (Lipinski definition) is 0. The predicted molar refractivity (Wildman–Crippen MR) is 127 cm³/mol. The Morgan fingerprint density at radius 1 is 0.933 bits per heavy atom. The van der Waals surface area contributed by atoms with Gasteiger partial charge in [-0.15, -0.1) is 0 Å². The van der Waals surface area contributed by atoms with Crippen molar-refractivity contribution in [1.29, 1.82) is 0 Å². The molecule has 0 aromatic heterocycles. The first-order valence-corrected chi connectivity index (χ1v) is 10.9. The lowest BCUT2D eigenvalue weighted by molar-refractivity contribution is 0.531. The van der Waals surface area contributed by atoms with E-state index < -0.39 is 0 Å². The number of guanidine groups is 1. The molecule has 3 aromatic carbocycles. The van der Waals surface area contributed by atoms with Crippen molar-refractivity contribution in [1.82, 2.24) is 4.90 Å². The van der Waals surface area contributed by atoms with Gasteiger partial charge in [-0.25, -0.2) is 0 Å². The highest BCUT2D eigenvalue weighted by atomic mass is 35.5. The number of halogens is 1. The van der Waals surface area contributed by atoms with Crippen molar-refractivity contribution in [3.8, 4) is 11.1 Å². The maximum Gasteiger partial charge on any atom is 0.210 e. The van der Waals surface area contributed by atoms with E-state index in [0.29, 0.717) is 0 Å². The Hall–Kier alpha value is -3.04. The smallest absolute Gasteiger partial charge is 0.210 e. The zero-order chi connectivity index (χ0) is 20.5. The van der Waals surface area contributed by atoms with Crippen LogP contribution in [0.15, 0.2) is 84.0 Å². The minimum absolute atomic E-state index is 0.787. The summed E-state index contributed by atoms with van der Waals surface area (Å²) in [4.78, 5) is 9.43. The maximum atomic E-state index is 6.26. The van der Waals surface area contributed by atoms with Gasteiger partial charge in [-0.2, -0.15) is 0 Å². The van der Waals surface area contributed by atoms with E-state index in [1.807, 2.05) is 12.1 Å². The van der Waals surface area contributed by atoms with Crippen molar-refractivity contribution < 1.29 is 0 Å². The zero-order valence-electron chi connectivity index (χ0n) is 17.1. The SMILES string of the molecule is CCc1cc(Cl)ccc1C1=CN(c2ccc(-c3ccccc3)cc2)C2=NCCCN12. The molecule has 0 atom stereocenters. The van der Waals surface area contributed by atoms with Crippen LogP contribution in [0.3, 0.4) is 0 Å². The number of hydrogen-bond acceptors (Lipinski definition) is 3. The fourth-order valence-corrected chi connectivity index (χ4v) is 4.43. The number of nitrogens with zero attached hydrogens (tertiary/aromatic N) is 3. The van der Waals surface area contributed by atoms with Crippen LogP contribution in [-0.2, 0) is 6.42 Å². The summed E-state index contributed by atoms with van der Waals surface area (Å²) in [7, 11) is 0. The molecule has 0 radical (unpaired) electrons. The minimum atomic E-state index is 0.787. The third kappa shape index (κ3) is 3.40. The fourth-order valence-electron chi connectivity index (χ4n) is 4.23. The quantitative estimate of drug-likeness (QED) is 0.489. The van der Waals surface area contributed by atoms with E-state index in [1.165, 1.54) is 28.0 Å². The van der Waals surface area contributed by atoms with Gasteiger partial charge in [0.2, 0.25) is 5.96 Å². The topological polar surface area (TPSA) is 18.8 Å². The largest absolute Gasteiger partial charge is 0.310 e. The first kappa shape index (κ1) is 19.0. The summed E-state index contributed by atoms with van der Waals surface area (Å²) in [6.45, 7) is 4.03. The van der Waals surface area contributed by atoms with Crippen LogP contribution in [0.25, 0.3) is 16.8 Å². The second kappa shape index (κ2) is 8.00. The molecule has 2 aliphatic rings. The van der Waals surface area contributed by atoms with E-state index in [-0.39, 0.29) is 0 Å². The van der Waals surface area contributed by atoms with Crippen molar-refractivity contribution in [2.24, 2.45) is 4.99 Å². The van der Waals surface area contributed by atoms with Gasteiger partial charge in [0.05, 0.1) is 5.70 Å². The molecule has 0 bridgehead atoms. The number of benzene rings is 3. The van der Waals surface area contributed by atoms with Gasteiger partial charge in [0.15, 0.2) is 0 Å². The summed E-state index contributed by atoms with van der Waals surface area (Å²) in [5.41, 5.74) is 7.28. The van der Waals surface area contributed by atoms with Crippen LogP contribution < -0.4 is 4.90 Å². The molecule has 0 saturated carbocycles. The van der Waals surface area contributed by atoms with Crippen LogP contribution in [0, 0.1) is 0 Å². The van der Waals surface area contributed by atoms with Crippen molar-refractivity contribution in [2.45, 2.75) is 19.8 Å². The molecule has 0 N–H and O–H groups in total. The van der Waals surface area contributed by atoms with Gasteiger partial charge in [-0.3, -0.25) is 9.89 Å². The van der Waals surface area contributed by atoms with Crippen molar-refractivity contribution in [2.75, 3.05) is 18.0 Å². The molecule has 0 unspecified atom stereocenters. The number of anilines is 1. The predicted octanol–water partition coefficient (Wildman–Crippen LogP) is 6.45. The lowest BCUT2D eigenvalue weighted by Gasteiger charge is -2.29.